The molecule has 2 nitrogen and oxygen atoms in total. The molecule has 0 spiro atoms. The SMILES string of the molecule is FC(F)(F)c1ccc(OP(Oc2ccc(C(F)(F)F)cc2)(c2ccccc2)(c2ccccc2)c2ccccc2)cc1. The Bertz CT molecular complexity index is 1420. The van der Waals surface area contributed by atoms with Gasteiger partial charge in [-0.2, -0.15) is 0 Å². The molecule has 41 heavy (non-hydrogen) atoms. The third-order valence-corrected chi connectivity index (χ3v) is 11.4. The van der Waals surface area contributed by atoms with Gasteiger partial charge < -0.3 is 0 Å². The van der Waals surface area contributed by atoms with Gasteiger partial charge in [0.25, 0.3) is 0 Å². The predicted molar refractivity (Wildman–Crippen MR) is 149 cm³/mol. The molecule has 0 heterocycles. The van der Waals surface area contributed by atoms with Crippen LogP contribution >= 0.6 is 7.06 Å². The van der Waals surface area contributed by atoms with Crippen LogP contribution < -0.4 is 25.0 Å². The van der Waals surface area contributed by atoms with Crippen LogP contribution in [0.25, 0.3) is 0 Å². The summed E-state index contributed by atoms with van der Waals surface area (Å²) in [6, 6.07) is 35.3. The number of halogens is 6. The van der Waals surface area contributed by atoms with Gasteiger partial charge in [-0.15, -0.1) is 0 Å². The first-order valence-corrected chi connectivity index (χ1v) is 14.5. The van der Waals surface area contributed by atoms with Gasteiger partial charge in [-0.3, -0.25) is 0 Å². The van der Waals surface area contributed by atoms with Crippen LogP contribution in [0.2, 0.25) is 0 Å². The fourth-order valence-corrected chi connectivity index (χ4v) is 9.44. The Labute approximate surface area is 232 Å². The van der Waals surface area contributed by atoms with Crippen molar-refractivity contribution in [3.8, 4) is 11.5 Å². The molecule has 5 aromatic carbocycles. The van der Waals surface area contributed by atoms with E-state index in [9.17, 15) is 26.3 Å². The minimum atomic E-state index is -4.68. The second kappa shape index (κ2) is 10.6. The molecule has 0 unspecified atom stereocenters. The number of benzene rings is 5. The fraction of sp³-hybridized carbons (Fsp3) is 0.0625. The molecule has 0 amide bonds. The van der Waals surface area contributed by atoms with Crippen LogP contribution in [0, 0.1) is 0 Å². The first-order valence-electron chi connectivity index (χ1n) is 12.5. The van der Waals surface area contributed by atoms with Crippen LogP contribution in [-0.2, 0) is 12.4 Å². The van der Waals surface area contributed by atoms with Gasteiger partial charge in [0.05, 0.1) is 0 Å². The molecule has 0 N–H and O–H groups in total. The summed E-state index contributed by atoms with van der Waals surface area (Å²) in [6.07, 6.45) is -9.11. The van der Waals surface area contributed by atoms with E-state index in [0.29, 0.717) is 15.9 Å². The minimum absolute atomic E-state index is 0.0825. The van der Waals surface area contributed by atoms with Gasteiger partial charge in [0, 0.05) is 0 Å². The summed E-state index contributed by atoms with van der Waals surface area (Å²) in [5.41, 5.74) is -1.71. The number of rotatable bonds is 7. The zero-order chi connectivity index (χ0) is 29.2. The molecule has 9 heteroatoms. The van der Waals surface area contributed by atoms with Crippen molar-refractivity contribution in [1.82, 2.24) is 0 Å². The van der Waals surface area contributed by atoms with Crippen LogP contribution in [0.1, 0.15) is 11.1 Å². The zero-order valence-electron chi connectivity index (χ0n) is 21.3. The molecule has 210 valence electrons. The van der Waals surface area contributed by atoms with Gasteiger partial charge in [-0.1, -0.05) is 0 Å². The van der Waals surface area contributed by atoms with Crippen LogP contribution in [-0.4, -0.2) is 0 Å². The molecule has 0 aliphatic carbocycles. The third kappa shape index (κ3) is 5.27. The molecule has 0 aliphatic heterocycles. The molecule has 0 bridgehead atoms. The van der Waals surface area contributed by atoms with Gasteiger partial charge in [0.2, 0.25) is 0 Å². The standard InChI is InChI=1S/C32H23F6O2P/c33-31(34,35)24-16-20-26(21-17-24)39-41(28-10-4-1-5-11-28,29-12-6-2-7-13-29,30-14-8-3-9-15-30)40-27-22-18-25(19-23-27)32(36,37)38/h1-23H. The van der Waals surface area contributed by atoms with Crippen molar-refractivity contribution in [1.29, 1.82) is 0 Å². The molecule has 0 aliphatic rings. The number of hydrogen-bond acceptors (Lipinski definition) is 2. The van der Waals surface area contributed by atoms with Gasteiger partial charge in [-0.25, -0.2) is 0 Å². The van der Waals surface area contributed by atoms with E-state index in [4.69, 9.17) is 9.05 Å². The van der Waals surface area contributed by atoms with E-state index >= 15 is 0 Å². The summed E-state index contributed by atoms with van der Waals surface area (Å²) in [5.74, 6) is 0.165. The van der Waals surface area contributed by atoms with E-state index in [1.807, 2.05) is 0 Å². The van der Waals surface area contributed by atoms with Crippen molar-refractivity contribution >= 4 is 23.0 Å². The molecule has 0 fully saturated rings. The van der Waals surface area contributed by atoms with Gasteiger partial charge >= 0.3 is 233 Å². The molecule has 0 radical (unpaired) electrons. The predicted octanol–water partition coefficient (Wildman–Crippen LogP) is 8.54. The van der Waals surface area contributed by atoms with Crippen LogP contribution in [0.15, 0.2) is 140 Å². The van der Waals surface area contributed by atoms with Crippen LogP contribution in [0.3, 0.4) is 0 Å². The first-order chi connectivity index (χ1) is 19.5. The summed E-state index contributed by atoms with van der Waals surface area (Å²) in [7, 11) is -4.68. The van der Waals surface area contributed by atoms with Gasteiger partial charge in [0.15, 0.2) is 0 Å². The zero-order valence-corrected chi connectivity index (χ0v) is 22.2. The second-order valence-corrected chi connectivity index (χ2v) is 13.0. The molecule has 0 saturated carbocycles. The van der Waals surface area contributed by atoms with E-state index in [0.717, 1.165) is 24.3 Å². The molecular formula is C32H23F6O2P. The molecule has 0 aromatic heterocycles. The molecule has 5 aromatic rings. The second-order valence-electron chi connectivity index (χ2n) is 9.19. The van der Waals surface area contributed by atoms with Crippen LogP contribution in [0.4, 0.5) is 26.3 Å². The van der Waals surface area contributed by atoms with E-state index < -0.39 is 30.5 Å². The normalized spacial score (nSPS) is 13.2. The van der Waals surface area contributed by atoms with Gasteiger partial charge in [-0.05, 0) is 0 Å². The Morgan fingerprint density at radius 2 is 0.634 bits per heavy atom. The summed E-state index contributed by atoms with van der Waals surface area (Å²) in [5, 5.41) is 1.65. The average molecular weight is 584 g/mol. The topological polar surface area (TPSA) is 18.5 Å². The van der Waals surface area contributed by atoms with Crippen LogP contribution in [0.5, 0.6) is 11.5 Å². The van der Waals surface area contributed by atoms with E-state index in [-0.39, 0.29) is 11.5 Å². The first kappa shape index (κ1) is 28.2. The summed E-state index contributed by atoms with van der Waals surface area (Å²) in [6.45, 7) is 0. The number of alkyl halides is 6. The van der Waals surface area contributed by atoms with Crippen molar-refractivity contribution in [2.75, 3.05) is 0 Å². The van der Waals surface area contributed by atoms with E-state index in [2.05, 4.69) is 0 Å². The molecular weight excluding hydrogens is 561 g/mol. The van der Waals surface area contributed by atoms with Crippen molar-refractivity contribution in [2.45, 2.75) is 12.4 Å². The van der Waals surface area contributed by atoms with Gasteiger partial charge in [0.1, 0.15) is 0 Å². The molecule has 5 rings (SSSR count). The Balaban J connectivity index is 1.85. The molecule has 0 atom stereocenters. The Morgan fingerprint density at radius 3 is 0.878 bits per heavy atom. The third-order valence-electron chi connectivity index (χ3n) is 6.60. The van der Waals surface area contributed by atoms with E-state index in [1.54, 1.807) is 91.0 Å². The summed E-state index contributed by atoms with van der Waals surface area (Å²) < 4.78 is 94.2. The van der Waals surface area contributed by atoms with Crippen molar-refractivity contribution < 1.29 is 35.4 Å². The monoisotopic (exact) mass is 584 g/mol. The Kier molecular flexibility index (Phi) is 7.30. The average Bonchev–Trinajstić information content (AvgIpc) is 2.98. The number of hydrogen-bond donors (Lipinski definition) is 0. The van der Waals surface area contributed by atoms with Crippen molar-refractivity contribution in [3.05, 3.63) is 151 Å². The van der Waals surface area contributed by atoms with Crippen molar-refractivity contribution in [2.24, 2.45) is 0 Å². The molecule has 0 saturated heterocycles. The summed E-state index contributed by atoms with van der Waals surface area (Å²) >= 11 is 0. The summed E-state index contributed by atoms with van der Waals surface area (Å²) in [4.78, 5) is 0. The Morgan fingerprint density at radius 1 is 0.366 bits per heavy atom. The van der Waals surface area contributed by atoms with E-state index in [1.165, 1.54) is 24.3 Å². The van der Waals surface area contributed by atoms with Crippen molar-refractivity contribution in [3.63, 3.8) is 0 Å². The maximum atomic E-state index is 13.4. The quantitative estimate of drug-likeness (QED) is 0.141. The Hall–Kier alpha value is -4.29. The fourth-order valence-electron chi connectivity index (χ4n) is 4.69. The maximum absolute atomic E-state index is 13.4.